The van der Waals surface area contributed by atoms with Gasteiger partial charge in [-0.1, -0.05) is 6.07 Å². The monoisotopic (exact) mass is 330 g/mol. The Morgan fingerprint density at radius 3 is 2.79 bits per heavy atom. The summed E-state index contributed by atoms with van der Waals surface area (Å²) >= 11 is 0. The molecule has 128 valence electrons. The van der Waals surface area contributed by atoms with Crippen molar-refractivity contribution in [1.82, 2.24) is 15.2 Å². The van der Waals surface area contributed by atoms with Gasteiger partial charge in [0.1, 0.15) is 5.69 Å². The predicted octanol–water partition coefficient (Wildman–Crippen LogP) is 1.05. The molecular formula is C16H22N6O2. The van der Waals surface area contributed by atoms with E-state index in [1.165, 1.54) is 0 Å². The van der Waals surface area contributed by atoms with Gasteiger partial charge in [-0.05, 0) is 44.0 Å². The third-order valence-electron chi connectivity index (χ3n) is 3.60. The zero-order chi connectivity index (χ0) is 17.5. The lowest BCUT2D eigenvalue weighted by Crippen LogP contribution is -2.26. The standard InChI is InChI=1S/C16H22N6O2/c1-4-22(7-8-23)14-6-5-13(11(2)9-14)10-17-20-16-18-15(24)12(3)19-21-16/h5-6,9-10,23H,4,7-8H2,1-3H3,(H2,18,20,21,24)/b17-10-. The van der Waals surface area contributed by atoms with Crippen LogP contribution in [-0.4, -0.2) is 46.2 Å². The summed E-state index contributed by atoms with van der Waals surface area (Å²) in [5, 5.41) is 20.7. The molecule has 1 aromatic heterocycles. The van der Waals surface area contributed by atoms with Crippen LogP contribution < -0.4 is 15.9 Å². The molecule has 24 heavy (non-hydrogen) atoms. The lowest BCUT2D eigenvalue weighted by atomic mass is 10.1. The van der Waals surface area contributed by atoms with Crippen LogP contribution >= 0.6 is 0 Å². The van der Waals surface area contributed by atoms with Gasteiger partial charge in [0.2, 0.25) is 5.95 Å². The molecule has 0 aliphatic rings. The van der Waals surface area contributed by atoms with Crippen LogP contribution in [0.25, 0.3) is 0 Å². The maximum Gasteiger partial charge on any atom is 0.274 e. The van der Waals surface area contributed by atoms with E-state index in [1.807, 2.05) is 32.0 Å². The zero-order valence-corrected chi connectivity index (χ0v) is 14.1. The molecule has 8 heteroatoms. The van der Waals surface area contributed by atoms with Crippen LogP contribution in [-0.2, 0) is 0 Å². The van der Waals surface area contributed by atoms with Crippen LogP contribution in [0, 0.1) is 13.8 Å². The molecule has 0 unspecified atom stereocenters. The molecule has 3 N–H and O–H groups in total. The van der Waals surface area contributed by atoms with E-state index in [1.54, 1.807) is 13.1 Å². The summed E-state index contributed by atoms with van der Waals surface area (Å²) in [6.07, 6.45) is 1.65. The molecule has 0 bridgehead atoms. The highest BCUT2D eigenvalue weighted by molar-refractivity contribution is 5.83. The van der Waals surface area contributed by atoms with Crippen LogP contribution in [0.1, 0.15) is 23.7 Å². The van der Waals surface area contributed by atoms with Crippen molar-refractivity contribution in [3.63, 3.8) is 0 Å². The Morgan fingerprint density at radius 1 is 1.38 bits per heavy atom. The van der Waals surface area contributed by atoms with E-state index >= 15 is 0 Å². The van der Waals surface area contributed by atoms with Gasteiger partial charge >= 0.3 is 0 Å². The number of aliphatic hydroxyl groups excluding tert-OH is 1. The van der Waals surface area contributed by atoms with Gasteiger partial charge in [-0.25, -0.2) is 5.43 Å². The minimum atomic E-state index is -0.299. The Labute approximate surface area is 140 Å². The minimum absolute atomic E-state index is 0.121. The Kier molecular flexibility index (Phi) is 6.02. The van der Waals surface area contributed by atoms with Crippen molar-refractivity contribution in [2.45, 2.75) is 20.8 Å². The summed E-state index contributed by atoms with van der Waals surface area (Å²) in [6, 6.07) is 5.99. The number of aromatic amines is 1. The van der Waals surface area contributed by atoms with Crippen LogP contribution in [0.15, 0.2) is 28.1 Å². The van der Waals surface area contributed by atoms with E-state index in [0.717, 1.165) is 23.4 Å². The number of aliphatic hydroxyl groups is 1. The molecule has 8 nitrogen and oxygen atoms in total. The van der Waals surface area contributed by atoms with Gasteiger partial charge in [-0.3, -0.25) is 9.78 Å². The van der Waals surface area contributed by atoms with Crippen molar-refractivity contribution in [2.75, 3.05) is 30.0 Å². The number of hydrogen-bond acceptors (Lipinski definition) is 7. The smallest absolute Gasteiger partial charge is 0.274 e. The van der Waals surface area contributed by atoms with Gasteiger partial charge < -0.3 is 10.0 Å². The molecule has 0 saturated carbocycles. The number of H-pyrrole nitrogens is 1. The second-order valence-corrected chi connectivity index (χ2v) is 5.30. The number of aromatic nitrogens is 3. The zero-order valence-electron chi connectivity index (χ0n) is 14.1. The average molecular weight is 330 g/mol. The highest BCUT2D eigenvalue weighted by atomic mass is 16.3. The lowest BCUT2D eigenvalue weighted by Gasteiger charge is -2.22. The number of aryl methyl sites for hydroxylation is 2. The predicted molar refractivity (Wildman–Crippen MR) is 94.8 cm³/mol. The number of likely N-dealkylation sites (N-methyl/N-ethyl adjacent to an activating group) is 1. The molecule has 1 heterocycles. The van der Waals surface area contributed by atoms with Gasteiger partial charge in [-0.2, -0.15) is 5.10 Å². The molecule has 0 aliphatic heterocycles. The maximum atomic E-state index is 11.4. The highest BCUT2D eigenvalue weighted by Gasteiger charge is 2.05. The topological polar surface area (TPSA) is 106 Å². The number of hydrogen-bond donors (Lipinski definition) is 3. The maximum absolute atomic E-state index is 11.4. The average Bonchev–Trinajstić information content (AvgIpc) is 2.57. The van der Waals surface area contributed by atoms with Crippen LogP contribution in [0.4, 0.5) is 11.6 Å². The molecule has 0 fully saturated rings. The van der Waals surface area contributed by atoms with Crippen molar-refractivity contribution in [3.05, 3.63) is 45.4 Å². The fraction of sp³-hybridized carbons (Fsp3) is 0.375. The Hall–Kier alpha value is -2.74. The molecular weight excluding hydrogens is 308 g/mol. The third-order valence-corrected chi connectivity index (χ3v) is 3.60. The van der Waals surface area contributed by atoms with Gasteiger partial charge in [0.15, 0.2) is 0 Å². The van der Waals surface area contributed by atoms with Crippen molar-refractivity contribution < 1.29 is 5.11 Å². The second-order valence-electron chi connectivity index (χ2n) is 5.30. The molecule has 0 spiro atoms. The highest BCUT2D eigenvalue weighted by Crippen LogP contribution is 2.18. The number of rotatable bonds is 7. The molecule has 0 atom stereocenters. The third kappa shape index (κ3) is 4.39. The molecule has 2 rings (SSSR count). The first-order valence-electron chi connectivity index (χ1n) is 7.74. The van der Waals surface area contributed by atoms with Gasteiger partial charge in [0.05, 0.1) is 12.8 Å². The molecule has 0 amide bonds. The summed E-state index contributed by atoms with van der Waals surface area (Å²) in [6.45, 7) is 7.17. The number of benzene rings is 1. The first-order chi connectivity index (χ1) is 11.5. The number of nitrogens with one attached hydrogen (secondary N) is 2. The fourth-order valence-electron chi connectivity index (χ4n) is 2.20. The minimum Gasteiger partial charge on any atom is -0.395 e. The Morgan fingerprint density at radius 2 is 2.17 bits per heavy atom. The van der Waals surface area contributed by atoms with Crippen molar-refractivity contribution >= 4 is 17.9 Å². The van der Waals surface area contributed by atoms with E-state index < -0.39 is 0 Å². The molecule has 2 aromatic rings. The van der Waals surface area contributed by atoms with E-state index in [0.29, 0.717) is 12.2 Å². The summed E-state index contributed by atoms with van der Waals surface area (Å²) in [5.74, 6) is 0.191. The van der Waals surface area contributed by atoms with Gasteiger partial charge in [0, 0.05) is 18.8 Å². The summed E-state index contributed by atoms with van der Waals surface area (Å²) in [7, 11) is 0. The summed E-state index contributed by atoms with van der Waals surface area (Å²) in [4.78, 5) is 16.1. The summed E-state index contributed by atoms with van der Waals surface area (Å²) < 4.78 is 0. The normalized spacial score (nSPS) is 11.0. The van der Waals surface area contributed by atoms with Gasteiger partial charge in [-0.15, -0.1) is 10.2 Å². The molecule has 0 aliphatic carbocycles. The Balaban J connectivity index is 2.09. The lowest BCUT2D eigenvalue weighted by molar-refractivity contribution is 0.302. The Bertz CT molecular complexity index is 771. The summed E-state index contributed by atoms with van der Waals surface area (Å²) in [5.41, 5.74) is 5.71. The second kappa shape index (κ2) is 8.21. The van der Waals surface area contributed by atoms with E-state index in [-0.39, 0.29) is 18.1 Å². The van der Waals surface area contributed by atoms with Crippen molar-refractivity contribution in [1.29, 1.82) is 0 Å². The first-order valence-corrected chi connectivity index (χ1v) is 7.74. The van der Waals surface area contributed by atoms with Gasteiger partial charge in [0.25, 0.3) is 5.56 Å². The number of nitrogens with zero attached hydrogens (tertiary/aromatic N) is 4. The largest absolute Gasteiger partial charge is 0.395 e. The first kappa shape index (κ1) is 17.6. The number of hydrazone groups is 1. The molecule has 0 saturated heterocycles. The van der Waals surface area contributed by atoms with Crippen molar-refractivity contribution in [3.8, 4) is 0 Å². The van der Waals surface area contributed by atoms with Crippen LogP contribution in [0.5, 0.6) is 0 Å². The van der Waals surface area contributed by atoms with Crippen LogP contribution in [0.2, 0.25) is 0 Å². The number of anilines is 2. The molecule has 1 aromatic carbocycles. The fourth-order valence-corrected chi connectivity index (χ4v) is 2.20. The quantitative estimate of drug-likeness (QED) is 0.517. The SMILES string of the molecule is CCN(CCO)c1ccc(/C=N\Nc2nnc(C)c(=O)[nH]2)c(C)c1. The van der Waals surface area contributed by atoms with Crippen molar-refractivity contribution in [2.24, 2.45) is 5.10 Å². The van der Waals surface area contributed by atoms with E-state index in [4.69, 9.17) is 5.11 Å². The van der Waals surface area contributed by atoms with Crippen LogP contribution in [0.3, 0.4) is 0 Å². The van der Waals surface area contributed by atoms with E-state index in [2.05, 4.69) is 30.6 Å². The molecule has 0 radical (unpaired) electrons. The van der Waals surface area contributed by atoms with E-state index in [9.17, 15) is 4.79 Å².